The number of benzene rings is 1. The summed E-state index contributed by atoms with van der Waals surface area (Å²) in [6, 6.07) is 5.19. The van der Waals surface area contributed by atoms with Gasteiger partial charge in [0.25, 0.3) is 11.5 Å². The van der Waals surface area contributed by atoms with Crippen LogP contribution in [-0.2, 0) is 6.42 Å². The zero-order valence-corrected chi connectivity index (χ0v) is 14.4. The summed E-state index contributed by atoms with van der Waals surface area (Å²) in [5.41, 5.74) is 0.250. The number of aromatic nitrogens is 2. The van der Waals surface area contributed by atoms with Crippen molar-refractivity contribution in [2.24, 2.45) is 0 Å². The van der Waals surface area contributed by atoms with Crippen molar-refractivity contribution in [2.75, 3.05) is 13.1 Å². The molecule has 0 aliphatic heterocycles. The van der Waals surface area contributed by atoms with Crippen LogP contribution in [0.4, 0.5) is 0 Å². The molecule has 1 heterocycles. The minimum Gasteiger partial charge on any atom is -0.339 e. The molecule has 1 amide bonds. The Kier molecular flexibility index (Phi) is 5.80. The average molecular weight is 354 g/mol. The van der Waals surface area contributed by atoms with Gasteiger partial charge in [0.1, 0.15) is 11.4 Å². The van der Waals surface area contributed by atoms with Crippen molar-refractivity contribution in [3.05, 3.63) is 61.7 Å². The molecule has 0 aliphatic carbocycles. The lowest BCUT2D eigenvalue weighted by molar-refractivity contribution is 0.0770. The SMILES string of the molecule is CCN(CC)C(=O)c1cnc(Cc2c(Cl)cccc2Cl)[nH]c1=O. The molecule has 0 saturated heterocycles. The second kappa shape index (κ2) is 7.62. The Hall–Kier alpha value is -1.85. The summed E-state index contributed by atoms with van der Waals surface area (Å²) in [7, 11) is 0. The molecule has 7 heteroatoms. The number of carbonyl (C=O) groups excluding carboxylic acids is 1. The summed E-state index contributed by atoms with van der Waals surface area (Å²) in [5, 5.41) is 1.01. The molecule has 23 heavy (non-hydrogen) atoms. The van der Waals surface area contributed by atoms with Gasteiger partial charge in [-0.1, -0.05) is 29.3 Å². The van der Waals surface area contributed by atoms with E-state index >= 15 is 0 Å². The van der Waals surface area contributed by atoms with Crippen molar-refractivity contribution < 1.29 is 4.79 Å². The Morgan fingerprint density at radius 2 is 1.83 bits per heavy atom. The zero-order valence-electron chi connectivity index (χ0n) is 12.9. The maximum absolute atomic E-state index is 12.2. The van der Waals surface area contributed by atoms with Crippen molar-refractivity contribution in [1.29, 1.82) is 0 Å². The van der Waals surface area contributed by atoms with E-state index in [9.17, 15) is 9.59 Å². The smallest absolute Gasteiger partial charge is 0.263 e. The van der Waals surface area contributed by atoms with E-state index in [-0.39, 0.29) is 17.9 Å². The van der Waals surface area contributed by atoms with Gasteiger partial charge in [0.2, 0.25) is 0 Å². The maximum atomic E-state index is 12.2. The molecule has 1 N–H and O–H groups in total. The van der Waals surface area contributed by atoms with E-state index in [0.29, 0.717) is 34.5 Å². The normalized spacial score (nSPS) is 10.6. The van der Waals surface area contributed by atoms with Gasteiger partial charge in [0.15, 0.2) is 0 Å². The Labute approximate surface area is 144 Å². The molecule has 0 unspecified atom stereocenters. The summed E-state index contributed by atoms with van der Waals surface area (Å²) in [6.07, 6.45) is 1.59. The van der Waals surface area contributed by atoms with Crippen molar-refractivity contribution in [3.63, 3.8) is 0 Å². The van der Waals surface area contributed by atoms with Crippen molar-refractivity contribution >= 4 is 29.1 Å². The van der Waals surface area contributed by atoms with Crippen LogP contribution in [-0.4, -0.2) is 33.9 Å². The molecule has 0 spiro atoms. The van der Waals surface area contributed by atoms with E-state index in [1.54, 1.807) is 23.1 Å². The third-order valence-corrected chi connectivity index (χ3v) is 4.25. The van der Waals surface area contributed by atoms with Crippen LogP contribution < -0.4 is 5.56 Å². The fourth-order valence-electron chi connectivity index (χ4n) is 2.22. The summed E-state index contributed by atoms with van der Waals surface area (Å²) < 4.78 is 0. The Morgan fingerprint density at radius 3 is 2.35 bits per heavy atom. The molecular formula is C16H17Cl2N3O2. The maximum Gasteiger partial charge on any atom is 0.263 e. The molecule has 5 nitrogen and oxygen atoms in total. The van der Waals surface area contributed by atoms with Crippen LogP contribution in [0.25, 0.3) is 0 Å². The number of hydrogen-bond acceptors (Lipinski definition) is 3. The molecule has 2 rings (SSSR count). The van der Waals surface area contributed by atoms with E-state index in [2.05, 4.69) is 9.97 Å². The highest BCUT2D eigenvalue weighted by Crippen LogP contribution is 2.25. The van der Waals surface area contributed by atoms with Gasteiger partial charge in [-0.25, -0.2) is 4.98 Å². The van der Waals surface area contributed by atoms with Crippen LogP contribution in [0.5, 0.6) is 0 Å². The van der Waals surface area contributed by atoms with Crippen LogP contribution in [0.3, 0.4) is 0 Å². The Morgan fingerprint density at radius 1 is 1.22 bits per heavy atom. The predicted octanol–water partition coefficient (Wildman–Crippen LogP) is 3.15. The topological polar surface area (TPSA) is 66.1 Å². The van der Waals surface area contributed by atoms with Crippen LogP contribution >= 0.6 is 23.2 Å². The van der Waals surface area contributed by atoms with Gasteiger partial charge in [-0.15, -0.1) is 0 Å². The largest absolute Gasteiger partial charge is 0.339 e. The minimum absolute atomic E-state index is 0.0303. The number of rotatable bonds is 5. The highest BCUT2D eigenvalue weighted by molar-refractivity contribution is 6.36. The molecule has 1 aromatic carbocycles. The third-order valence-electron chi connectivity index (χ3n) is 3.54. The molecule has 0 radical (unpaired) electrons. The number of nitrogens with one attached hydrogen (secondary N) is 1. The van der Waals surface area contributed by atoms with Crippen molar-refractivity contribution in [3.8, 4) is 0 Å². The van der Waals surface area contributed by atoms with Gasteiger partial charge in [-0.05, 0) is 31.5 Å². The monoisotopic (exact) mass is 353 g/mol. The molecule has 0 fully saturated rings. The molecule has 2 aromatic rings. The molecule has 0 bridgehead atoms. The summed E-state index contributed by atoms with van der Waals surface area (Å²) >= 11 is 12.2. The first-order chi connectivity index (χ1) is 11.0. The quantitative estimate of drug-likeness (QED) is 0.897. The molecule has 0 saturated carbocycles. The lowest BCUT2D eigenvalue weighted by Gasteiger charge is -2.17. The highest BCUT2D eigenvalue weighted by Gasteiger charge is 2.17. The number of amides is 1. The summed E-state index contributed by atoms with van der Waals surface area (Å²) in [4.78, 5) is 32.8. The molecular weight excluding hydrogens is 337 g/mol. The van der Waals surface area contributed by atoms with Gasteiger partial charge in [-0.2, -0.15) is 0 Å². The van der Waals surface area contributed by atoms with Crippen LogP contribution in [0.1, 0.15) is 35.6 Å². The van der Waals surface area contributed by atoms with Gasteiger partial charge in [-0.3, -0.25) is 9.59 Å². The number of carbonyl (C=O) groups is 1. The third kappa shape index (κ3) is 3.92. The number of aromatic amines is 1. The second-order valence-corrected chi connectivity index (χ2v) is 5.74. The summed E-state index contributed by atoms with van der Waals surface area (Å²) in [6.45, 7) is 4.78. The van der Waals surface area contributed by atoms with Gasteiger partial charge < -0.3 is 9.88 Å². The van der Waals surface area contributed by atoms with E-state index < -0.39 is 5.56 Å². The van der Waals surface area contributed by atoms with Crippen LogP contribution in [0.2, 0.25) is 10.0 Å². The average Bonchev–Trinajstić information content (AvgIpc) is 2.52. The lowest BCUT2D eigenvalue weighted by Crippen LogP contribution is -2.35. The van der Waals surface area contributed by atoms with E-state index in [0.717, 1.165) is 0 Å². The van der Waals surface area contributed by atoms with Crippen LogP contribution in [0, 0.1) is 0 Å². The molecule has 0 atom stereocenters. The number of nitrogens with zero attached hydrogens (tertiary/aromatic N) is 2. The van der Waals surface area contributed by atoms with Gasteiger partial charge in [0, 0.05) is 35.8 Å². The first kappa shape index (κ1) is 17.5. The van der Waals surface area contributed by atoms with E-state index in [1.807, 2.05) is 13.8 Å². The zero-order chi connectivity index (χ0) is 17.0. The summed E-state index contributed by atoms with van der Waals surface area (Å²) in [5.74, 6) is 0.0761. The molecule has 0 aliphatic rings. The first-order valence-electron chi connectivity index (χ1n) is 7.28. The Balaban J connectivity index is 2.30. The van der Waals surface area contributed by atoms with E-state index in [4.69, 9.17) is 23.2 Å². The van der Waals surface area contributed by atoms with Crippen LogP contribution in [0.15, 0.2) is 29.2 Å². The lowest BCUT2D eigenvalue weighted by atomic mass is 10.1. The first-order valence-corrected chi connectivity index (χ1v) is 8.03. The minimum atomic E-state index is -0.463. The van der Waals surface area contributed by atoms with Crippen molar-refractivity contribution in [1.82, 2.24) is 14.9 Å². The number of halogens is 2. The fourth-order valence-corrected chi connectivity index (χ4v) is 2.75. The molecule has 122 valence electrons. The van der Waals surface area contributed by atoms with E-state index in [1.165, 1.54) is 6.20 Å². The second-order valence-electron chi connectivity index (χ2n) is 4.93. The number of hydrogen-bond donors (Lipinski definition) is 1. The molecule has 1 aromatic heterocycles. The van der Waals surface area contributed by atoms with Gasteiger partial charge in [0.05, 0.1) is 0 Å². The predicted molar refractivity (Wildman–Crippen MR) is 91.4 cm³/mol. The fraction of sp³-hybridized carbons (Fsp3) is 0.312. The highest BCUT2D eigenvalue weighted by atomic mass is 35.5. The van der Waals surface area contributed by atoms with Crippen molar-refractivity contribution in [2.45, 2.75) is 20.3 Å². The standard InChI is InChI=1S/C16H17Cl2N3O2/c1-3-21(4-2)16(23)11-9-19-14(20-15(11)22)8-10-12(17)6-5-7-13(10)18/h5-7,9H,3-4,8H2,1-2H3,(H,19,20,22). The number of H-pyrrole nitrogens is 1. The Bertz CT molecular complexity index is 750. The van der Waals surface area contributed by atoms with Gasteiger partial charge >= 0.3 is 0 Å².